The summed E-state index contributed by atoms with van der Waals surface area (Å²) in [5, 5.41) is 10.7. The predicted octanol–water partition coefficient (Wildman–Crippen LogP) is 2.04. The lowest BCUT2D eigenvalue weighted by molar-refractivity contribution is -0.384. The fourth-order valence-corrected chi connectivity index (χ4v) is 5.12. The molecule has 9 nitrogen and oxygen atoms in total. The molecule has 2 amide bonds. The van der Waals surface area contributed by atoms with Crippen LogP contribution in [0.2, 0.25) is 0 Å². The summed E-state index contributed by atoms with van der Waals surface area (Å²) in [7, 11) is -4.15. The van der Waals surface area contributed by atoms with E-state index in [1.165, 1.54) is 12.1 Å². The first-order valence-electron chi connectivity index (χ1n) is 9.07. The molecule has 2 aliphatic rings. The van der Waals surface area contributed by atoms with E-state index in [-0.39, 0.29) is 34.6 Å². The largest absolute Gasteiger partial charge is 0.271 e. The summed E-state index contributed by atoms with van der Waals surface area (Å²) < 4.78 is 42.0. The van der Waals surface area contributed by atoms with Gasteiger partial charge in [0.1, 0.15) is 6.17 Å². The van der Waals surface area contributed by atoms with Crippen LogP contribution < -0.4 is 4.72 Å². The van der Waals surface area contributed by atoms with E-state index in [1.54, 1.807) is 12.1 Å². The highest BCUT2D eigenvalue weighted by Gasteiger charge is 2.46. The highest BCUT2D eigenvalue weighted by Crippen LogP contribution is 2.34. The Hall–Kier alpha value is -3.18. The third-order valence-electron chi connectivity index (χ3n) is 5.31. The number of benzene rings is 2. The number of hydrogen-bond acceptors (Lipinski definition) is 6. The molecule has 0 aromatic heterocycles. The number of fused-ring (bicyclic) bond motifs is 1. The number of amides is 2. The zero-order chi connectivity index (χ0) is 21.6. The standard InChI is InChI=1S/C19H16FN3O6S/c20-16-9-12(22-18(24)14-3-1-2-4-15(14)19(22)25)10-17(16)21-30(28,29)13-7-5-11(6-8-13)23(26)27/h1-8,12,16-17,21H,9-10H2/t12-,16+,17+/m1/s1. The molecule has 0 radical (unpaired) electrons. The summed E-state index contributed by atoms with van der Waals surface area (Å²) in [6.45, 7) is 0. The number of halogens is 1. The van der Waals surface area contributed by atoms with Crippen LogP contribution in [0.1, 0.15) is 33.6 Å². The molecule has 0 bridgehead atoms. The minimum atomic E-state index is -4.15. The van der Waals surface area contributed by atoms with E-state index in [2.05, 4.69) is 4.72 Å². The van der Waals surface area contributed by atoms with Crippen LogP contribution in [0.3, 0.4) is 0 Å². The number of rotatable bonds is 5. The maximum Gasteiger partial charge on any atom is 0.269 e. The van der Waals surface area contributed by atoms with Crippen molar-refractivity contribution in [1.29, 1.82) is 0 Å². The molecular formula is C19H16FN3O6S. The van der Waals surface area contributed by atoms with Crippen molar-refractivity contribution in [3.8, 4) is 0 Å². The zero-order valence-corrected chi connectivity index (χ0v) is 16.2. The molecule has 0 spiro atoms. The molecule has 0 saturated heterocycles. The van der Waals surface area contributed by atoms with Gasteiger partial charge in [0.15, 0.2) is 0 Å². The lowest BCUT2D eigenvalue weighted by Gasteiger charge is -2.21. The molecule has 1 aliphatic carbocycles. The van der Waals surface area contributed by atoms with Gasteiger partial charge >= 0.3 is 0 Å². The van der Waals surface area contributed by atoms with Crippen molar-refractivity contribution in [3.63, 3.8) is 0 Å². The number of non-ortho nitro benzene ring substituents is 1. The van der Waals surface area contributed by atoms with Crippen LogP contribution in [-0.2, 0) is 10.0 Å². The van der Waals surface area contributed by atoms with Crippen molar-refractivity contribution < 1.29 is 27.3 Å². The van der Waals surface area contributed by atoms with E-state index >= 15 is 0 Å². The molecule has 11 heteroatoms. The SMILES string of the molecule is O=C1c2ccccc2C(=O)N1[C@H]1C[C@H](NS(=O)(=O)c2ccc([N+](=O)[O-])cc2)[C@@H](F)C1. The summed E-state index contributed by atoms with van der Waals surface area (Å²) in [4.78, 5) is 36.0. The minimum absolute atomic E-state index is 0.0706. The van der Waals surface area contributed by atoms with Crippen molar-refractivity contribution in [2.75, 3.05) is 0 Å². The Balaban J connectivity index is 1.50. The van der Waals surface area contributed by atoms with Gasteiger partial charge in [-0.05, 0) is 30.7 Å². The Kier molecular flexibility index (Phi) is 4.86. The van der Waals surface area contributed by atoms with Crippen molar-refractivity contribution >= 4 is 27.5 Å². The maximum atomic E-state index is 14.6. The van der Waals surface area contributed by atoms with Crippen LogP contribution in [0.25, 0.3) is 0 Å². The van der Waals surface area contributed by atoms with Crippen LogP contribution in [0, 0.1) is 10.1 Å². The van der Waals surface area contributed by atoms with Crippen molar-refractivity contribution in [1.82, 2.24) is 9.62 Å². The van der Waals surface area contributed by atoms with E-state index < -0.39 is 45.0 Å². The average molecular weight is 433 g/mol. The van der Waals surface area contributed by atoms with Gasteiger partial charge < -0.3 is 0 Å². The molecule has 1 saturated carbocycles. The molecule has 156 valence electrons. The molecule has 2 aromatic rings. The number of carbonyl (C=O) groups excluding carboxylic acids is 2. The highest BCUT2D eigenvalue weighted by molar-refractivity contribution is 7.89. The number of hydrogen-bond donors (Lipinski definition) is 1. The first-order chi connectivity index (χ1) is 14.2. The second-order valence-corrected chi connectivity index (χ2v) is 8.86. The van der Waals surface area contributed by atoms with Crippen LogP contribution >= 0.6 is 0 Å². The molecule has 1 fully saturated rings. The molecular weight excluding hydrogens is 417 g/mol. The summed E-state index contributed by atoms with van der Waals surface area (Å²) in [5.74, 6) is -1.04. The van der Waals surface area contributed by atoms with E-state index in [0.717, 1.165) is 29.2 Å². The molecule has 1 aliphatic heterocycles. The number of imide groups is 1. The zero-order valence-electron chi connectivity index (χ0n) is 15.4. The fraction of sp³-hybridized carbons (Fsp3) is 0.263. The van der Waals surface area contributed by atoms with Crippen LogP contribution in [-0.4, -0.2) is 48.3 Å². The van der Waals surface area contributed by atoms with Crippen molar-refractivity contribution in [3.05, 3.63) is 69.8 Å². The average Bonchev–Trinajstić information content (AvgIpc) is 3.18. The first kappa shape index (κ1) is 20.1. The van der Waals surface area contributed by atoms with E-state index in [0.29, 0.717) is 0 Å². The van der Waals surface area contributed by atoms with Gasteiger partial charge in [-0.25, -0.2) is 17.5 Å². The van der Waals surface area contributed by atoms with Crippen LogP contribution in [0.4, 0.5) is 10.1 Å². The number of nitrogens with zero attached hydrogens (tertiary/aromatic N) is 2. The molecule has 1 heterocycles. The quantitative estimate of drug-likeness (QED) is 0.437. The molecule has 2 aromatic carbocycles. The van der Waals surface area contributed by atoms with E-state index in [4.69, 9.17) is 0 Å². The Morgan fingerprint density at radius 3 is 2.10 bits per heavy atom. The second kappa shape index (κ2) is 7.26. The Labute approximate surface area is 170 Å². The lowest BCUT2D eigenvalue weighted by Crippen LogP contribution is -2.41. The van der Waals surface area contributed by atoms with Gasteiger partial charge in [0, 0.05) is 24.6 Å². The van der Waals surface area contributed by atoms with Gasteiger partial charge in [-0.3, -0.25) is 24.6 Å². The van der Waals surface area contributed by atoms with E-state index in [1.807, 2.05) is 0 Å². The maximum absolute atomic E-state index is 14.6. The van der Waals surface area contributed by atoms with Crippen molar-refractivity contribution in [2.45, 2.75) is 36.0 Å². The summed E-state index contributed by atoms with van der Waals surface area (Å²) >= 11 is 0. The predicted molar refractivity (Wildman–Crippen MR) is 102 cm³/mol. The molecule has 0 unspecified atom stereocenters. The minimum Gasteiger partial charge on any atom is -0.271 e. The Bertz CT molecular complexity index is 1120. The van der Waals surface area contributed by atoms with Crippen molar-refractivity contribution in [2.24, 2.45) is 0 Å². The fourth-order valence-electron chi connectivity index (χ4n) is 3.85. The summed E-state index contributed by atoms with van der Waals surface area (Å²) in [6, 6.07) is 8.57. The smallest absolute Gasteiger partial charge is 0.269 e. The van der Waals surface area contributed by atoms with E-state index in [9.17, 15) is 32.5 Å². The second-order valence-electron chi connectivity index (χ2n) is 7.15. The third kappa shape index (κ3) is 3.35. The summed E-state index contributed by atoms with van der Waals surface area (Å²) in [6.07, 6.45) is -1.86. The number of alkyl halides is 1. The topological polar surface area (TPSA) is 127 Å². The number of nitrogens with one attached hydrogen (secondary N) is 1. The van der Waals surface area contributed by atoms with Gasteiger partial charge in [-0.2, -0.15) is 0 Å². The molecule has 1 N–H and O–H groups in total. The number of carbonyl (C=O) groups is 2. The monoisotopic (exact) mass is 433 g/mol. The summed E-state index contributed by atoms with van der Waals surface area (Å²) in [5.41, 5.74) is 0.213. The number of nitro benzene ring substituents is 1. The normalized spacial score (nSPS) is 23.6. The number of nitro groups is 1. The molecule has 30 heavy (non-hydrogen) atoms. The first-order valence-corrected chi connectivity index (χ1v) is 10.5. The van der Waals surface area contributed by atoms with Gasteiger partial charge in [-0.15, -0.1) is 0 Å². The molecule has 4 rings (SSSR count). The van der Waals surface area contributed by atoms with Gasteiger partial charge in [0.2, 0.25) is 10.0 Å². The van der Waals surface area contributed by atoms with Gasteiger partial charge in [0.05, 0.1) is 27.0 Å². The lowest BCUT2D eigenvalue weighted by atomic mass is 10.1. The van der Waals surface area contributed by atoms with Gasteiger partial charge in [-0.1, -0.05) is 12.1 Å². The van der Waals surface area contributed by atoms with Crippen LogP contribution in [0.5, 0.6) is 0 Å². The Morgan fingerprint density at radius 2 is 1.57 bits per heavy atom. The number of sulfonamides is 1. The molecule has 3 atom stereocenters. The third-order valence-corrected chi connectivity index (χ3v) is 6.82. The highest BCUT2D eigenvalue weighted by atomic mass is 32.2. The Morgan fingerprint density at radius 1 is 1.00 bits per heavy atom. The van der Waals surface area contributed by atoms with Gasteiger partial charge in [0.25, 0.3) is 17.5 Å². The van der Waals surface area contributed by atoms with Crippen LogP contribution in [0.15, 0.2) is 53.4 Å².